The Morgan fingerprint density at radius 3 is 3.10 bits per heavy atom. The van der Waals surface area contributed by atoms with Crippen LogP contribution < -0.4 is 11.1 Å². The van der Waals surface area contributed by atoms with Crippen LogP contribution in [0.1, 0.15) is 36.6 Å². The van der Waals surface area contributed by atoms with Crippen molar-refractivity contribution >= 4 is 23.0 Å². The van der Waals surface area contributed by atoms with Gasteiger partial charge in [-0.1, -0.05) is 12.2 Å². The van der Waals surface area contributed by atoms with Gasteiger partial charge < -0.3 is 15.8 Å². The zero-order valence-electron chi connectivity index (χ0n) is 11.8. The molecule has 2 unspecified atom stereocenters. The maximum atomic E-state index is 5.85. The van der Waals surface area contributed by atoms with Gasteiger partial charge in [0.15, 0.2) is 0 Å². The maximum Gasteiger partial charge on any atom is 0.136 e. The second-order valence-corrected chi connectivity index (χ2v) is 6.15. The molecule has 20 heavy (non-hydrogen) atoms. The Bertz CT molecular complexity index is 532. The largest absolute Gasteiger partial charge is 0.389 e. The molecule has 1 aliphatic carbocycles. The highest BCUT2D eigenvalue weighted by Gasteiger charge is 2.25. The van der Waals surface area contributed by atoms with E-state index in [1.807, 2.05) is 0 Å². The molecule has 108 valence electrons. The lowest BCUT2D eigenvalue weighted by Crippen LogP contribution is -2.23. The third-order valence-corrected chi connectivity index (χ3v) is 4.60. The van der Waals surface area contributed by atoms with Crippen LogP contribution in [0.25, 0.3) is 0 Å². The molecule has 0 amide bonds. The molecule has 0 spiro atoms. The summed E-state index contributed by atoms with van der Waals surface area (Å²) in [7, 11) is 0. The fraction of sp³-hybridized carbons (Fsp3) is 0.600. The lowest BCUT2D eigenvalue weighted by molar-refractivity contribution is 0.108. The Morgan fingerprint density at radius 1 is 1.55 bits per heavy atom. The second kappa shape index (κ2) is 5.66. The molecule has 1 aliphatic heterocycles. The van der Waals surface area contributed by atoms with Gasteiger partial charge in [-0.25, -0.2) is 4.98 Å². The summed E-state index contributed by atoms with van der Waals surface area (Å²) in [6.45, 7) is 3.85. The molecule has 4 nitrogen and oxygen atoms in total. The van der Waals surface area contributed by atoms with Gasteiger partial charge in [-0.3, -0.25) is 0 Å². The Hall–Kier alpha value is -1.20. The minimum absolute atomic E-state index is 0.310. The van der Waals surface area contributed by atoms with Gasteiger partial charge in [0.25, 0.3) is 0 Å². The summed E-state index contributed by atoms with van der Waals surface area (Å²) < 4.78 is 5.59. The number of aromatic nitrogens is 1. The van der Waals surface area contributed by atoms with Crippen LogP contribution >= 0.6 is 12.2 Å². The average molecular weight is 291 g/mol. The van der Waals surface area contributed by atoms with Crippen LogP contribution in [0.2, 0.25) is 0 Å². The highest BCUT2D eigenvalue weighted by Crippen LogP contribution is 2.26. The van der Waals surface area contributed by atoms with E-state index < -0.39 is 0 Å². The van der Waals surface area contributed by atoms with E-state index >= 15 is 0 Å². The minimum Gasteiger partial charge on any atom is -0.389 e. The molecule has 1 fully saturated rings. The molecule has 0 aromatic carbocycles. The van der Waals surface area contributed by atoms with E-state index in [4.69, 9.17) is 27.7 Å². The third kappa shape index (κ3) is 2.65. The highest BCUT2D eigenvalue weighted by atomic mass is 32.1. The molecule has 3 rings (SSSR count). The van der Waals surface area contributed by atoms with E-state index in [0.717, 1.165) is 43.8 Å². The van der Waals surface area contributed by atoms with Crippen molar-refractivity contribution in [2.75, 3.05) is 18.5 Å². The summed E-state index contributed by atoms with van der Waals surface area (Å²) in [6.07, 6.45) is 4.73. The third-order valence-electron chi connectivity index (χ3n) is 4.38. The van der Waals surface area contributed by atoms with Crippen LogP contribution in [-0.4, -0.2) is 29.2 Å². The van der Waals surface area contributed by atoms with Crippen LogP contribution in [0.15, 0.2) is 6.07 Å². The molecule has 0 saturated carbocycles. The monoisotopic (exact) mass is 291 g/mol. The lowest BCUT2D eigenvalue weighted by Gasteiger charge is -2.17. The van der Waals surface area contributed by atoms with E-state index in [0.29, 0.717) is 17.0 Å². The molecular formula is C15H21N3OS. The van der Waals surface area contributed by atoms with Gasteiger partial charge in [0.05, 0.1) is 11.7 Å². The van der Waals surface area contributed by atoms with Gasteiger partial charge in [0.2, 0.25) is 0 Å². The number of fused-ring (bicyclic) bond motifs is 1. The van der Waals surface area contributed by atoms with Crippen molar-refractivity contribution in [2.24, 2.45) is 11.7 Å². The fourth-order valence-electron chi connectivity index (χ4n) is 3.07. The van der Waals surface area contributed by atoms with E-state index in [2.05, 4.69) is 18.3 Å². The molecule has 1 saturated heterocycles. The minimum atomic E-state index is 0.310. The van der Waals surface area contributed by atoms with E-state index in [1.54, 1.807) is 0 Å². The number of nitrogens with one attached hydrogen (secondary N) is 1. The van der Waals surface area contributed by atoms with Crippen LogP contribution in [0, 0.1) is 5.92 Å². The number of nitrogens with zero attached hydrogens (tertiary/aromatic N) is 1. The van der Waals surface area contributed by atoms with Crippen LogP contribution in [0.3, 0.4) is 0 Å². The van der Waals surface area contributed by atoms with Crippen molar-refractivity contribution in [2.45, 2.75) is 38.7 Å². The summed E-state index contributed by atoms with van der Waals surface area (Å²) in [5.74, 6) is 1.38. The molecule has 0 bridgehead atoms. The topological polar surface area (TPSA) is 60.2 Å². The van der Waals surface area contributed by atoms with Crippen LogP contribution in [0.5, 0.6) is 0 Å². The first-order chi connectivity index (χ1) is 9.65. The molecule has 2 atom stereocenters. The Balaban J connectivity index is 1.79. The van der Waals surface area contributed by atoms with Crippen molar-refractivity contribution < 1.29 is 4.74 Å². The number of anilines is 1. The van der Waals surface area contributed by atoms with Crippen molar-refractivity contribution in [1.29, 1.82) is 0 Å². The number of aryl methyl sites for hydroxylation is 2. The zero-order chi connectivity index (χ0) is 14.1. The summed E-state index contributed by atoms with van der Waals surface area (Å²) in [5.41, 5.74) is 9.23. The average Bonchev–Trinajstić information content (AvgIpc) is 3.03. The Kier molecular flexibility index (Phi) is 3.89. The number of hydrogen-bond donors (Lipinski definition) is 2. The quantitative estimate of drug-likeness (QED) is 0.831. The second-order valence-electron chi connectivity index (χ2n) is 5.71. The van der Waals surface area contributed by atoms with E-state index in [1.165, 1.54) is 17.7 Å². The van der Waals surface area contributed by atoms with Gasteiger partial charge in [0.1, 0.15) is 10.8 Å². The molecular weight excluding hydrogens is 270 g/mol. The standard InChI is InChI=1S/C15H21N3OS/c1-9-11(5-6-19-9)8-17-15-12(14(16)20)7-10-3-2-4-13(10)18-15/h7,9,11H,2-6,8H2,1H3,(H2,16,20)(H,17,18). The molecule has 5 heteroatoms. The number of ether oxygens (including phenoxy) is 1. The van der Waals surface area contributed by atoms with Gasteiger partial charge in [-0.15, -0.1) is 0 Å². The van der Waals surface area contributed by atoms with Gasteiger partial charge >= 0.3 is 0 Å². The molecule has 3 N–H and O–H groups in total. The summed E-state index contributed by atoms with van der Waals surface area (Å²) >= 11 is 5.17. The molecule has 0 radical (unpaired) electrons. The molecule has 1 aromatic rings. The lowest BCUT2D eigenvalue weighted by atomic mass is 10.0. The number of nitrogens with two attached hydrogens (primary N) is 1. The van der Waals surface area contributed by atoms with Crippen LogP contribution in [0.4, 0.5) is 5.82 Å². The van der Waals surface area contributed by atoms with Gasteiger partial charge in [-0.05, 0) is 44.2 Å². The summed E-state index contributed by atoms with van der Waals surface area (Å²) in [5, 5.41) is 3.44. The molecule has 2 heterocycles. The van der Waals surface area contributed by atoms with Crippen molar-refractivity contribution in [3.63, 3.8) is 0 Å². The number of rotatable bonds is 4. The first-order valence-corrected chi connectivity index (χ1v) is 7.74. The number of thiocarbonyl (C=S) groups is 1. The SMILES string of the molecule is CC1OCCC1CNc1nc2c(cc1C(N)=S)CCC2. The number of hydrogen-bond acceptors (Lipinski definition) is 4. The fourth-order valence-corrected chi connectivity index (χ4v) is 3.22. The van der Waals surface area contributed by atoms with E-state index in [-0.39, 0.29) is 0 Å². The first kappa shape index (κ1) is 13.8. The molecule has 1 aromatic heterocycles. The van der Waals surface area contributed by atoms with Gasteiger partial charge in [-0.2, -0.15) is 0 Å². The first-order valence-electron chi connectivity index (χ1n) is 7.33. The van der Waals surface area contributed by atoms with Crippen LogP contribution in [-0.2, 0) is 17.6 Å². The van der Waals surface area contributed by atoms with Gasteiger partial charge in [0, 0.05) is 24.8 Å². The smallest absolute Gasteiger partial charge is 0.136 e. The zero-order valence-corrected chi connectivity index (χ0v) is 12.6. The van der Waals surface area contributed by atoms with Crippen molar-refractivity contribution in [3.05, 3.63) is 22.9 Å². The highest BCUT2D eigenvalue weighted by molar-refractivity contribution is 7.80. The van der Waals surface area contributed by atoms with Crippen molar-refractivity contribution in [3.8, 4) is 0 Å². The Labute approximate surface area is 125 Å². The summed E-state index contributed by atoms with van der Waals surface area (Å²) in [4.78, 5) is 5.16. The van der Waals surface area contributed by atoms with Crippen molar-refractivity contribution in [1.82, 2.24) is 4.98 Å². The van der Waals surface area contributed by atoms with E-state index in [9.17, 15) is 0 Å². The Morgan fingerprint density at radius 2 is 2.40 bits per heavy atom. The predicted molar refractivity (Wildman–Crippen MR) is 84.2 cm³/mol. The summed E-state index contributed by atoms with van der Waals surface area (Å²) in [6, 6.07) is 2.12. The number of pyridine rings is 1. The predicted octanol–water partition coefficient (Wildman–Crippen LogP) is 2.04. The normalized spacial score (nSPS) is 24.6. The maximum absolute atomic E-state index is 5.85. The molecule has 2 aliphatic rings.